The molecule has 0 saturated heterocycles. The van der Waals surface area contributed by atoms with Crippen molar-refractivity contribution in [2.45, 2.75) is 119 Å². The minimum Gasteiger partial charge on any atom is -0.507 e. The molecule has 0 bridgehead atoms. The Hall–Kier alpha value is -2.34. The van der Waals surface area contributed by atoms with Crippen LogP contribution in [0.15, 0.2) is 33.0 Å². The third-order valence-corrected chi connectivity index (χ3v) is 10.3. The molecule has 1 aromatic heterocycles. The van der Waals surface area contributed by atoms with E-state index in [-0.39, 0.29) is 40.4 Å². The molecule has 39 heavy (non-hydrogen) atoms. The monoisotopic (exact) mass is 542 g/mol. The van der Waals surface area contributed by atoms with Crippen molar-refractivity contribution in [3.8, 4) is 5.75 Å². The summed E-state index contributed by atoms with van der Waals surface area (Å²) in [7, 11) is 0. The van der Waals surface area contributed by atoms with Gasteiger partial charge in [0.05, 0.1) is 5.56 Å². The van der Waals surface area contributed by atoms with Gasteiger partial charge in [-0.15, -0.1) is 0 Å². The van der Waals surface area contributed by atoms with Gasteiger partial charge in [-0.05, 0) is 95.8 Å². The fourth-order valence-corrected chi connectivity index (χ4v) is 7.37. The van der Waals surface area contributed by atoms with Crippen LogP contribution in [0.5, 0.6) is 5.75 Å². The van der Waals surface area contributed by atoms with Gasteiger partial charge in [0.2, 0.25) is 0 Å². The van der Waals surface area contributed by atoms with Gasteiger partial charge in [-0.3, -0.25) is 0 Å². The number of carbonyl (C=O) groups is 1. The first-order valence-electron chi connectivity index (χ1n) is 14.7. The molecule has 7 atom stereocenters. The summed E-state index contributed by atoms with van der Waals surface area (Å²) < 4.78 is 11.6. The molecule has 0 aliphatic heterocycles. The van der Waals surface area contributed by atoms with E-state index in [0.717, 1.165) is 37.7 Å². The van der Waals surface area contributed by atoms with Crippen molar-refractivity contribution in [1.82, 2.24) is 0 Å². The Balaban J connectivity index is 2.01. The Morgan fingerprint density at radius 3 is 2.54 bits per heavy atom. The van der Waals surface area contributed by atoms with E-state index < -0.39 is 17.7 Å². The Kier molecular flexibility index (Phi) is 9.63. The molecule has 218 valence electrons. The minimum absolute atomic E-state index is 0.0164. The Morgan fingerprint density at radius 1 is 1.26 bits per heavy atom. The molecule has 1 heterocycles. The maximum absolute atomic E-state index is 13.0. The zero-order chi connectivity index (χ0) is 29.3. The lowest BCUT2D eigenvalue weighted by atomic mass is 9.45. The topological polar surface area (TPSA) is 97.0 Å². The lowest BCUT2D eigenvalue weighted by molar-refractivity contribution is -0.190. The van der Waals surface area contributed by atoms with Crippen molar-refractivity contribution in [1.29, 1.82) is 0 Å². The molecule has 1 aromatic rings. The van der Waals surface area contributed by atoms with Crippen molar-refractivity contribution in [2.24, 2.45) is 28.6 Å². The standard InChI is InChI=1S/C33H50O6/c1-10-20(4)28(34)31(37)39-27-15-17-32(8)25(18-24-29(35)22(6)23(7)38-30(24)36)21(5)13-14-26(32)33(27,9)16-11-12-19(2)3/h12,20,25-28,34-35H,5,10-11,13-18H2,1-4,6-9H3. The van der Waals surface area contributed by atoms with Gasteiger partial charge in [-0.1, -0.05) is 57.9 Å². The first-order valence-corrected chi connectivity index (χ1v) is 14.7. The van der Waals surface area contributed by atoms with Crippen molar-refractivity contribution < 1.29 is 24.2 Å². The molecule has 7 unspecified atom stereocenters. The van der Waals surface area contributed by atoms with E-state index in [1.54, 1.807) is 13.8 Å². The molecule has 2 aliphatic carbocycles. The predicted octanol–water partition coefficient (Wildman–Crippen LogP) is 6.96. The summed E-state index contributed by atoms with van der Waals surface area (Å²) in [4.78, 5) is 25.9. The normalized spacial score (nSPS) is 30.3. The number of hydrogen-bond donors (Lipinski definition) is 2. The van der Waals surface area contributed by atoms with Crippen molar-refractivity contribution in [3.05, 3.63) is 51.1 Å². The fraction of sp³-hybridized carbons (Fsp3) is 0.697. The number of aliphatic hydroxyl groups is 1. The molecule has 2 aliphatic rings. The summed E-state index contributed by atoms with van der Waals surface area (Å²) in [6, 6.07) is 0. The van der Waals surface area contributed by atoms with Gasteiger partial charge >= 0.3 is 11.6 Å². The van der Waals surface area contributed by atoms with E-state index in [4.69, 9.17) is 9.15 Å². The summed E-state index contributed by atoms with van der Waals surface area (Å²) >= 11 is 0. The molecule has 6 heteroatoms. The van der Waals surface area contributed by atoms with Gasteiger partial charge in [0.15, 0.2) is 6.10 Å². The quantitative estimate of drug-likeness (QED) is 0.259. The van der Waals surface area contributed by atoms with Crippen LogP contribution in [0.3, 0.4) is 0 Å². The van der Waals surface area contributed by atoms with Gasteiger partial charge in [0, 0.05) is 11.0 Å². The molecule has 6 nitrogen and oxygen atoms in total. The van der Waals surface area contributed by atoms with Crippen LogP contribution < -0.4 is 5.63 Å². The first kappa shape index (κ1) is 31.2. The van der Waals surface area contributed by atoms with Gasteiger partial charge in [0.1, 0.15) is 17.6 Å². The summed E-state index contributed by atoms with van der Waals surface area (Å²) in [6.07, 6.45) is 6.82. The third-order valence-electron chi connectivity index (χ3n) is 10.3. The number of fused-ring (bicyclic) bond motifs is 1. The van der Waals surface area contributed by atoms with Crippen LogP contribution in [0.4, 0.5) is 0 Å². The number of allylic oxidation sites excluding steroid dienone is 3. The summed E-state index contributed by atoms with van der Waals surface area (Å²) in [5.74, 6) is -0.0444. The van der Waals surface area contributed by atoms with Crippen LogP contribution in [-0.4, -0.2) is 28.4 Å². The smallest absolute Gasteiger partial charge is 0.342 e. The van der Waals surface area contributed by atoms with E-state index in [9.17, 15) is 19.8 Å². The minimum atomic E-state index is -1.13. The average molecular weight is 543 g/mol. The molecule has 2 N–H and O–H groups in total. The van der Waals surface area contributed by atoms with E-state index >= 15 is 0 Å². The number of ether oxygens (including phenoxy) is 1. The van der Waals surface area contributed by atoms with Crippen molar-refractivity contribution in [2.75, 3.05) is 0 Å². The second kappa shape index (κ2) is 12.0. The third kappa shape index (κ3) is 6.06. The van der Waals surface area contributed by atoms with Crippen LogP contribution in [0, 0.1) is 42.4 Å². The molecular formula is C33H50O6. The second-order valence-electron chi connectivity index (χ2n) is 13.0. The highest BCUT2D eigenvalue weighted by molar-refractivity contribution is 5.75. The number of aryl methyl sites for hydroxylation is 1. The Labute approximate surface area is 234 Å². The SMILES string of the molecule is C=C1CCC2C(C)(CCC=C(C)C)C(OC(=O)C(O)C(C)CC)CCC2(C)C1Cc1c(O)c(C)c(C)oc1=O. The predicted molar refractivity (Wildman–Crippen MR) is 155 cm³/mol. The van der Waals surface area contributed by atoms with Gasteiger partial charge in [-0.2, -0.15) is 0 Å². The number of rotatable bonds is 9. The molecular weight excluding hydrogens is 492 g/mol. The number of aromatic hydroxyl groups is 1. The average Bonchev–Trinajstić information content (AvgIpc) is 2.87. The zero-order valence-corrected chi connectivity index (χ0v) is 25.4. The number of aliphatic hydroxyl groups excluding tert-OH is 1. The van der Waals surface area contributed by atoms with E-state index in [1.165, 1.54) is 5.57 Å². The van der Waals surface area contributed by atoms with Crippen LogP contribution in [0.1, 0.15) is 103 Å². The Morgan fingerprint density at radius 2 is 1.92 bits per heavy atom. The lowest BCUT2D eigenvalue weighted by Crippen LogP contribution is -2.57. The van der Waals surface area contributed by atoms with Gasteiger partial charge < -0.3 is 19.4 Å². The molecule has 0 amide bonds. The van der Waals surface area contributed by atoms with E-state index in [0.29, 0.717) is 36.1 Å². The van der Waals surface area contributed by atoms with E-state index in [2.05, 4.69) is 40.3 Å². The lowest BCUT2D eigenvalue weighted by Gasteiger charge is -2.61. The molecule has 2 fully saturated rings. The highest BCUT2D eigenvalue weighted by Gasteiger charge is 2.59. The maximum atomic E-state index is 13.0. The molecule has 2 saturated carbocycles. The van der Waals surface area contributed by atoms with Crippen LogP contribution >= 0.6 is 0 Å². The van der Waals surface area contributed by atoms with Crippen LogP contribution in [0.2, 0.25) is 0 Å². The summed E-state index contributed by atoms with van der Waals surface area (Å²) in [6.45, 7) is 20.4. The van der Waals surface area contributed by atoms with Gasteiger partial charge in [0.25, 0.3) is 0 Å². The highest BCUT2D eigenvalue weighted by Crippen LogP contribution is 2.63. The van der Waals surface area contributed by atoms with Crippen molar-refractivity contribution >= 4 is 5.97 Å². The number of carbonyl (C=O) groups excluding carboxylic acids is 1. The van der Waals surface area contributed by atoms with E-state index in [1.807, 2.05) is 13.8 Å². The first-order chi connectivity index (χ1) is 18.2. The Bertz CT molecular complexity index is 1160. The molecule has 3 rings (SSSR count). The number of esters is 1. The summed E-state index contributed by atoms with van der Waals surface area (Å²) in [5, 5.41) is 21.5. The zero-order valence-electron chi connectivity index (χ0n) is 25.4. The summed E-state index contributed by atoms with van der Waals surface area (Å²) in [5.41, 5.74) is 2.26. The van der Waals surface area contributed by atoms with Crippen molar-refractivity contribution in [3.63, 3.8) is 0 Å². The maximum Gasteiger partial charge on any atom is 0.342 e. The van der Waals surface area contributed by atoms with Crippen LogP contribution in [0.25, 0.3) is 0 Å². The van der Waals surface area contributed by atoms with Gasteiger partial charge in [-0.25, -0.2) is 9.59 Å². The largest absolute Gasteiger partial charge is 0.507 e. The second-order valence-corrected chi connectivity index (χ2v) is 13.0. The number of hydrogen-bond acceptors (Lipinski definition) is 6. The molecule has 0 radical (unpaired) electrons. The fourth-order valence-electron chi connectivity index (χ4n) is 7.37. The molecule has 0 aromatic carbocycles. The van der Waals surface area contributed by atoms with Crippen LogP contribution in [-0.2, 0) is 16.0 Å². The highest BCUT2D eigenvalue weighted by atomic mass is 16.6. The molecule has 0 spiro atoms.